The molecule has 0 aliphatic rings. The molecule has 1 aromatic rings. The van der Waals surface area contributed by atoms with Gasteiger partial charge in [-0.2, -0.15) is 0 Å². The molecular weight excluding hydrogens is 269 g/mol. The maximum atomic E-state index is 12.5. The van der Waals surface area contributed by atoms with Crippen molar-refractivity contribution in [2.75, 3.05) is 0 Å². The van der Waals surface area contributed by atoms with E-state index in [1.165, 1.54) is 4.98 Å². The average Bonchev–Trinajstić information content (AvgIpc) is 2.12. The summed E-state index contributed by atoms with van der Waals surface area (Å²) in [5, 5.41) is 8.52. The van der Waals surface area contributed by atoms with E-state index in [0.717, 1.165) is 0 Å². The molecule has 1 heterocycles. The molecule has 2 N–H and O–H groups in total. The standard InChI is InChI=1S/C8H4F5NO4/c9-6(10)4-2(18-8(11,12)13)1-3(15)14-5(4)7(16)17/h1,6H,(H,14,15)(H,16,17). The third kappa shape index (κ3) is 3.18. The molecule has 0 bridgehead atoms. The number of ether oxygens (including phenoxy) is 1. The summed E-state index contributed by atoms with van der Waals surface area (Å²) in [4.78, 5) is 22.9. The van der Waals surface area contributed by atoms with Crippen LogP contribution < -0.4 is 10.3 Å². The van der Waals surface area contributed by atoms with Crippen molar-refractivity contribution in [3.05, 3.63) is 27.7 Å². The summed E-state index contributed by atoms with van der Waals surface area (Å²) in [5.41, 5.74) is -4.20. The minimum Gasteiger partial charge on any atom is -0.477 e. The number of rotatable bonds is 3. The van der Waals surface area contributed by atoms with Gasteiger partial charge >= 0.3 is 12.3 Å². The smallest absolute Gasteiger partial charge is 0.477 e. The van der Waals surface area contributed by atoms with E-state index in [1.54, 1.807) is 0 Å². The first-order valence-electron chi connectivity index (χ1n) is 4.16. The van der Waals surface area contributed by atoms with Crippen molar-refractivity contribution < 1.29 is 36.6 Å². The Bertz CT molecular complexity index is 521. The first-order valence-corrected chi connectivity index (χ1v) is 4.16. The second-order valence-corrected chi connectivity index (χ2v) is 2.94. The lowest BCUT2D eigenvalue weighted by atomic mass is 10.2. The van der Waals surface area contributed by atoms with Crippen molar-refractivity contribution in [2.24, 2.45) is 0 Å². The molecular formula is C8H4F5NO4. The van der Waals surface area contributed by atoms with Gasteiger partial charge < -0.3 is 14.8 Å². The summed E-state index contributed by atoms with van der Waals surface area (Å²) in [6, 6.07) is 0.0986. The molecule has 100 valence electrons. The molecule has 0 spiro atoms. The molecule has 0 aliphatic heterocycles. The summed E-state index contributed by atoms with van der Waals surface area (Å²) in [5.74, 6) is -3.55. The molecule has 0 saturated carbocycles. The second-order valence-electron chi connectivity index (χ2n) is 2.94. The topological polar surface area (TPSA) is 79.4 Å². The van der Waals surface area contributed by atoms with Crippen LogP contribution in [0.1, 0.15) is 22.5 Å². The van der Waals surface area contributed by atoms with E-state index in [2.05, 4.69) is 4.74 Å². The number of carbonyl (C=O) groups is 1. The molecule has 0 aromatic carbocycles. The highest BCUT2D eigenvalue weighted by atomic mass is 19.4. The Morgan fingerprint density at radius 1 is 1.39 bits per heavy atom. The van der Waals surface area contributed by atoms with Crippen molar-refractivity contribution in [2.45, 2.75) is 12.8 Å². The van der Waals surface area contributed by atoms with E-state index in [9.17, 15) is 31.5 Å². The number of alkyl halides is 5. The number of aromatic nitrogens is 1. The molecule has 0 amide bonds. The summed E-state index contributed by atoms with van der Waals surface area (Å²) in [6.07, 6.45) is -8.89. The number of H-pyrrole nitrogens is 1. The molecule has 0 atom stereocenters. The van der Waals surface area contributed by atoms with Crippen LogP contribution in [0.25, 0.3) is 0 Å². The van der Waals surface area contributed by atoms with Crippen LogP contribution in [-0.4, -0.2) is 22.4 Å². The third-order valence-corrected chi connectivity index (χ3v) is 1.70. The summed E-state index contributed by atoms with van der Waals surface area (Å²) >= 11 is 0. The van der Waals surface area contributed by atoms with Crippen LogP contribution in [0.3, 0.4) is 0 Å². The van der Waals surface area contributed by atoms with Gasteiger partial charge in [0.1, 0.15) is 11.4 Å². The molecule has 10 heteroatoms. The lowest BCUT2D eigenvalue weighted by molar-refractivity contribution is -0.275. The fourth-order valence-corrected chi connectivity index (χ4v) is 1.14. The zero-order valence-corrected chi connectivity index (χ0v) is 8.22. The number of carboxylic acid groups (broad SMARTS) is 1. The Morgan fingerprint density at radius 2 is 1.94 bits per heavy atom. The van der Waals surface area contributed by atoms with Crippen molar-refractivity contribution >= 4 is 5.97 Å². The van der Waals surface area contributed by atoms with Crippen LogP contribution in [0.4, 0.5) is 22.0 Å². The number of pyridine rings is 1. The molecule has 1 aromatic heterocycles. The van der Waals surface area contributed by atoms with E-state index in [0.29, 0.717) is 0 Å². The van der Waals surface area contributed by atoms with E-state index in [-0.39, 0.29) is 6.07 Å². The van der Waals surface area contributed by atoms with Gasteiger partial charge in [-0.25, -0.2) is 13.6 Å². The quantitative estimate of drug-likeness (QED) is 0.824. The van der Waals surface area contributed by atoms with Crippen LogP contribution in [0.2, 0.25) is 0 Å². The zero-order valence-electron chi connectivity index (χ0n) is 8.22. The van der Waals surface area contributed by atoms with Crippen molar-refractivity contribution in [1.82, 2.24) is 4.98 Å². The Balaban J connectivity index is 3.49. The number of carboxylic acids is 1. The predicted octanol–water partition coefficient (Wildman–Crippen LogP) is 1.91. The molecule has 0 aliphatic carbocycles. The van der Waals surface area contributed by atoms with E-state index < -0.39 is 41.3 Å². The Morgan fingerprint density at radius 3 is 2.33 bits per heavy atom. The Labute approximate surface area is 94.8 Å². The van der Waals surface area contributed by atoms with Gasteiger partial charge in [0.05, 0.1) is 5.56 Å². The monoisotopic (exact) mass is 273 g/mol. The summed E-state index contributed by atoms with van der Waals surface area (Å²) in [6.45, 7) is 0. The lowest BCUT2D eigenvalue weighted by Gasteiger charge is -2.13. The molecule has 1 rings (SSSR count). The highest BCUT2D eigenvalue weighted by Crippen LogP contribution is 2.33. The number of halogens is 5. The van der Waals surface area contributed by atoms with Gasteiger partial charge in [-0.05, 0) is 0 Å². The number of hydrogen-bond acceptors (Lipinski definition) is 3. The molecule has 0 radical (unpaired) electrons. The van der Waals surface area contributed by atoms with E-state index >= 15 is 0 Å². The molecule has 0 fully saturated rings. The summed E-state index contributed by atoms with van der Waals surface area (Å²) < 4.78 is 64.0. The van der Waals surface area contributed by atoms with Gasteiger partial charge in [0, 0.05) is 6.07 Å². The van der Waals surface area contributed by atoms with Crippen molar-refractivity contribution in [3.8, 4) is 5.75 Å². The Hall–Kier alpha value is -2.13. The zero-order chi connectivity index (χ0) is 14.1. The largest absolute Gasteiger partial charge is 0.573 e. The first-order chi connectivity index (χ1) is 8.11. The maximum Gasteiger partial charge on any atom is 0.573 e. The van der Waals surface area contributed by atoms with Crippen LogP contribution in [0, 0.1) is 0 Å². The Kier molecular flexibility index (Phi) is 3.58. The van der Waals surface area contributed by atoms with Gasteiger partial charge in [-0.3, -0.25) is 4.79 Å². The van der Waals surface area contributed by atoms with Crippen molar-refractivity contribution in [1.29, 1.82) is 0 Å². The molecule has 18 heavy (non-hydrogen) atoms. The van der Waals surface area contributed by atoms with Gasteiger partial charge in [0.15, 0.2) is 0 Å². The van der Waals surface area contributed by atoms with Gasteiger partial charge in [-0.1, -0.05) is 0 Å². The number of nitrogens with one attached hydrogen (secondary N) is 1. The van der Waals surface area contributed by atoms with E-state index in [1.807, 2.05) is 0 Å². The van der Waals surface area contributed by atoms with Crippen LogP contribution >= 0.6 is 0 Å². The second kappa shape index (κ2) is 4.63. The highest BCUT2D eigenvalue weighted by molar-refractivity contribution is 5.88. The van der Waals surface area contributed by atoms with Crippen molar-refractivity contribution in [3.63, 3.8) is 0 Å². The summed E-state index contributed by atoms with van der Waals surface area (Å²) in [7, 11) is 0. The third-order valence-electron chi connectivity index (χ3n) is 1.70. The average molecular weight is 273 g/mol. The highest BCUT2D eigenvalue weighted by Gasteiger charge is 2.35. The maximum absolute atomic E-state index is 12.5. The van der Waals surface area contributed by atoms with E-state index in [4.69, 9.17) is 5.11 Å². The molecule has 0 unspecified atom stereocenters. The van der Waals surface area contributed by atoms with Crippen LogP contribution in [0.15, 0.2) is 10.9 Å². The normalized spacial score (nSPS) is 11.7. The number of aromatic amines is 1. The number of aromatic carboxylic acids is 1. The minimum atomic E-state index is -5.33. The number of hydrogen-bond donors (Lipinski definition) is 2. The minimum absolute atomic E-state index is 0.0986. The van der Waals surface area contributed by atoms with Gasteiger partial charge in [-0.15, -0.1) is 13.2 Å². The van der Waals surface area contributed by atoms with Crippen LogP contribution in [0.5, 0.6) is 5.75 Å². The lowest BCUT2D eigenvalue weighted by Crippen LogP contribution is -2.23. The fourth-order valence-electron chi connectivity index (χ4n) is 1.14. The van der Waals surface area contributed by atoms with Gasteiger partial charge in [0.2, 0.25) is 0 Å². The fraction of sp³-hybridized carbons (Fsp3) is 0.250. The molecule has 5 nitrogen and oxygen atoms in total. The SMILES string of the molecule is O=C(O)c1[nH]c(=O)cc(OC(F)(F)F)c1C(F)F. The van der Waals surface area contributed by atoms with Crippen LogP contribution in [-0.2, 0) is 0 Å². The molecule has 0 saturated heterocycles. The predicted molar refractivity (Wildman–Crippen MR) is 45.7 cm³/mol. The van der Waals surface area contributed by atoms with Gasteiger partial charge in [0.25, 0.3) is 12.0 Å². The first kappa shape index (κ1) is 13.9.